The van der Waals surface area contributed by atoms with Crippen molar-refractivity contribution in [2.24, 2.45) is 5.18 Å². The van der Waals surface area contributed by atoms with Crippen LogP contribution >= 0.6 is 23.2 Å². The Bertz CT molecular complexity index is 844. The predicted molar refractivity (Wildman–Crippen MR) is 89.1 cm³/mol. The van der Waals surface area contributed by atoms with E-state index in [-0.39, 0.29) is 37.7 Å². The summed E-state index contributed by atoms with van der Waals surface area (Å²) in [6.07, 6.45) is -4.62. The number of alkyl halides is 4. The van der Waals surface area contributed by atoms with Gasteiger partial charge in [-0.3, -0.25) is 0 Å². The molecule has 0 amide bonds. The van der Waals surface area contributed by atoms with Gasteiger partial charge in [0.1, 0.15) is 11.4 Å². The van der Waals surface area contributed by atoms with Crippen molar-refractivity contribution >= 4 is 39.7 Å². The maximum absolute atomic E-state index is 12.9. The molecule has 0 fully saturated rings. The molecule has 0 heterocycles. The predicted octanol–water partition coefficient (Wildman–Crippen LogP) is 5.67. The second-order valence-corrected chi connectivity index (χ2v) is 6.90. The van der Waals surface area contributed by atoms with Gasteiger partial charge < -0.3 is 4.74 Å². The third-order valence-corrected chi connectivity index (χ3v) is 5.41. The third kappa shape index (κ3) is 4.31. The molecular weight excluding hydrogens is 402 g/mol. The Labute approximate surface area is 153 Å². The average Bonchev–Trinajstić information content (AvgIpc) is 2.58. The summed E-state index contributed by atoms with van der Waals surface area (Å²) >= 11 is 11.7. The lowest BCUT2D eigenvalue weighted by molar-refractivity contribution is -0.137. The van der Waals surface area contributed by atoms with Crippen LogP contribution in [0.1, 0.15) is 11.1 Å². The lowest BCUT2D eigenvalue weighted by atomic mass is 10.1. The van der Waals surface area contributed by atoms with Gasteiger partial charge in [-0.2, -0.15) is 13.2 Å². The quantitative estimate of drug-likeness (QED) is 0.470. The van der Waals surface area contributed by atoms with E-state index in [1.54, 1.807) is 0 Å². The highest BCUT2D eigenvalue weighted by atomic mass is 35.5. The summed E-state index contributed by atoms with van der Waals surface area (Å²) in [4.78, 5) is 10.8. The number of hydrogen-bond acceptors (Lipinski definition) is 4. The maximum atomic E-state index is 12.9. The standard InChI is InChI=1S/C15H10Cl2F3NO3S/c1-24-11-4-10(21-22)5-12(6-11)25(23)14-8(7-16)2-9(3-13(14)17)15(18,19)20/h2-6H,7H2,1H3. The van der Waals surface area contributed by atoms with Crippen LogP contribution in [0.15, 0.2) is 45.3 Å². The first kappa shape index (κ1) is 19.7. The summed E-state index contributed by atoms with van der Waals surface area (Å²) in [5, 5.41) is 2.41. The molecule has 0 N–H and O–H groups in total. The monoisotopic (exact) mass is 411 g/mol. The number of rotatable bonds is 5. The number of ether oxygens (including phenoxy) is 1. The van der Waals surface area contributed by atoms with Gasteiger partial charge in [-0.25, -0.2) is 4.21 Å². The molecule has 0 saturated carbocycles. The topological polar surface area (TPSA) is 55.7 Å². The third-order valence-electron chi connectivity index (χ3n) is 3.20. The van der Waals surface area contributed by atoms with Crippen LogP contribution in [0.5, 0.6) is 5.75 Å². The molecule has 0 saturated heterocycles. The molecule has 0 aliphatic rings. The largest absolute Gasteiger partial charge is 0.497 e. The number of benzene rings is 2. The van der Waals surface area contributed by atoms with Crippen LogP contribution in [-0.4, -0.2) is 11.3 Å². The van der Waals surface area contributed by atoms with E-state index in [9.17, 15) is 22.3 Å². The second kappa shape index (κ2) is 7.72. The van der Waals surface area contributed by atoms with E-state index in [1.807, 2.05) is 0 Å². The van der Waals surface area contributed by atoms with Crippen molar-refractivity contribution in [2.45, 2.75) is 21.8 Å². The highest BCUT2D eigenvalue weighted by Gasteiger charge is 2.33. The molecule has 25 heavy (non-hydrogen) atoms. The lowest BCUT2D eigenvalue weighted by Gasteiger charge is -2.14. The molecule has 10 heteroatoms. The van der Waals surface area contributed by atoms with Crippen molar-refractivity contribution in [3.63, 3.8) is 0 Å². The molecule has 0 spiro atoms. The Hall–Kier alpha value is -1.64. The van der Waals surface area contributed by atoms with E-state index < -0.39 is 22.5 Å². The van der Waals surface area contributed by atoms with E-state index in [1.165, 1.54) is 25.3 Å². The number of methoxy groups -OCH3 is 1. The first-order valence-corrected chi connectivity index (χ1v) is 8.67. The first-order valence-electron chi connectivity index (χ1n) is 6.61. The molecule has 2 rings (SSSR count). The van der Waals surface area contributed by atoms with Gasteiger partial charge in [-0.15, -0.1) is 16.5 Å². The summed E-state index contributed by atoms with van der Waals surface area (Å²) in [6, 6.07) is 5.41. The van der Waals surface area contributed by atoms with Crippen molar-refractivity contribution in [1.29, 1.82) is 0 Å². The molecule has 0 bridgehead atoms. The second-order valence-electron chi connectivity index (χ2n) is 4.80. The highest BCUT2D eigenvalue weighted by Crippen LogP contribution is 2.38. The Kier molecular flexibility index (Phi) is 6.08. The van der Waals surface area contributed by atoms with Gasteiger partial charge in [0, 0.05) is 16.8 Å². The van der Waals surface area contributed by atoms with Gasteiger partial charge in [0.2, 0.25) is 0 Å². The highest BCUT2D eigenvalue weighted by molar-refractivity contribution is 7.85. The van der Waals surface area contributed by atoms with Crippen molar-refractivity contribution in [1.82, 2.24) is 0 Å². The number of nitrogens with zero attached hydrogens (tertiary/aromatic N) is 1. The van der Waals surface area contributed by atoms with Crippen LogP contribution in [0.3, 0.4) is 0 Å². The van der Waals surface area contributed by atoms with Crippen LogP contribution in [0.2, 0.25) is 5.02 Å². The van der Waals surface area contributed by atoms with E-state index in [0.29, 0.717) is 6.07 Å². The van der Waals surface area contributed by atoms with Crippen molar-refractivity contribution in [3.8, 4) is 5.75 Å². The van der Waals surface area contributed by atoms with Gasteiger partial charge in [0.15, 0.2) is 0 Å². The van der Waals surface area contributed by atoms with Gasteiger partial charge in [-0.1, -0.05) is 11.6 Å². The molecule has 0 aliphatic heterocycles. The van der Waals surface area contributed by atoms with E-state index in [4.69, 9.17) is 27.9 Å². The number of nitroso groups, excluding NO2 is 1. The zero-order chi connectivity index (χ0) is 18.8. The lowest BCUT2D eigenvalue weighted by Crippen LogP contribution is -2.08. The normalized spacial score (nSPS) is 12.7. The van der Waals surface area contributed by atoms with Crippen molar-refractivity contribution in [2.75, 3.05) is 7.11 Å². The average molecular weight is 412 g/mol. The molecule has 1 atom stereocenters. The first-order chi connectivity index (χ1) is 11.7. The molecule has 0 radical (unpaired) electrons. The summed E-state index contributed by atoms with van der Waals surface area (Å²) < 4.78 is 56.5. The SMILES string of the molecule is COc1cc(N=O)cc(S(=O)c2c(Cl)cc(C(F)(F)F)cc2CCl)c1. The zero-order valence-electron chi connectivity index (χ0n) is 12.6. The van der Waals surface area contributed by atoms with Crippen LogP contribution in [0.4, 0.5) is 18.9 Å². The molecule has 0 aromatic heterocycles. The zero-order valence-corrected chi connectivity index (χ0v) is 14.9. The molecule has 0 aliphatic carbocycles. The molecular formula is C15H10Cl2F3NO3S. The van der Waals surface area contributed by atoms with E-state index in [0.717, 1.165) is 6.07 Å². The van der Waals surface area contributed by atoms with Crippen LogP contribution in [-0.2, 0) is 22.9 Å². The fourth-order valence-corrected chi connectivity index (χ4v) is 4.10. The smallest absolute Gasteiger partial charge is 0.416 e. The van der Waals surface area contributed by atoms with Gasteiger partial charge in [0.05, 0.1) is 33.4 Å². The molecule has 1 unspecified atom stereocenters. The van der Waals surface area contributed by atoms with Crippen LogP contribution in [0.25, 0.3) is 0 Å². The van der Waals surface area contributed by atoms with Gasteiger partial charge in [0.25, 0.3) is 0 Å². The summed E-state index contributed by atoms with van der Waals surface area (Å²) in [5.41, 5.74) is -1.06. The Morgan fingerprint density at radius 2 is 1.88 bits per heavy atom. The van der Waals surface area contributed by atoms with E-state index >= 15 is 0 Å². The van der Waals surface area contributed by atoms with Crippen LogP contribution in [0, 0.1) is 4.91 Å². The Morgan fingerprint density at radius 1 is 1.20 bits per heavy atom. The van der Waals surface area contributed by atoms with Gasteiger partial charge in [-0.05, 0) is 35.0 Å². The molecule has 2 aromatic rings. The minimum atomic E-state index is -4.62. The Morgan fingerprint density at radius 3 is 2.40 bits per heavy atom. The number of hydrogen-bond donors (Lipinski definition) is 0. The van der Waals surface area contributed by atoms with Crippen LogP contribution < -0.4 is 4.74 Å². The summed E-state index contributed by atoms with van der Waals surface area (Å²) in [5.74, 6) is -0.107. The molecule has 4 nitrogen and oxygen atoms in total. The fraction of sp³-hybridized carbons (Fsp3) is 0.200. The summed E-state index contributed by atoms with van der Waals surface area (Å²) in [7, 11) is -0.652. The minimum Gasteiger partial charge on any atom is -0.497 e. The van der Waals surface area contributed by atoms with Gasteiger partial charge >= 0.3 is 6.18 Å². The molecule has 134 valence electrons. The number of halogens is 5. The van der Waals surface area contributed by atoms with Crippen molar-refractivity contribution in [3.05, 3.63) is 51.4 Å². The van der Waals surface area contributed by atoms with Crippen molar-refractivity contribution < 1.29 is 22.1 Å². The summed E-state index contributed by atoms with van der Waals surface area (Å²) in [6.45, 7) is 0. The maximum Gasteiger partial charge on any atom is 0.416 e. The Balaban J connectivity index is 2.62. The molecule has 2 aromatic carbocycles. The minimum absolute atomic E-state index is 0.0248. The fourth-order valence-electron chi connectivity index (χ4n) is 2.07. The van der Waals surface area contributed by atoms with E-state index in [2.05, 4.69) is 5.18 Å².